The van der Waals surface area contributed by atoms with Crippen LogP contribution in [-0.2, 0) is 6.42 Å². The first-order valence-electron chi connectivity index (χ1n) is 11.4. The number of pyridine rings is 2. The summed E-state index contributed by atoms with van der Waals surface area (Å²) in [5.74, 6) is -0.272. The maximum absolute atomic E-state index is 13.6. The molecule has 0 amide bonds. The van der Waals surface area contributed by atoms with Gasteiger partial charge in [-0.1, -0.05) is 43.7 Å². The molecule has 5 aromatic rings. The normalized spacial score (nSPS) is 10.7. The summed E-state index contributed by atoms with van der Waals surface area (Å²) in [6, 6.07) is 20.7. The number of H-pyrrole nitrogens is 1. The second-order valence-corrected chi connectivity index (χ2v) is 7.93. The van der Waals surface area contributed by atoms with Gasteiger partial charge in [-0.3, -0.25) is 10.1 Å². The minimum absolute atomic E-state index is 0.272. The van der Waals surface area contributed by atoms with Crippen LogP contribution in [0, 0.1) is 5.82 Å². The number of fused-ring (bicyclic) bond motifs is 1. The number of aromatic amines is 1. The average Bonchev–Trinajstić information content (AvgIpc) is 3.35. The lowest BCUT2D eigenvalue weighted by Gasteiger charge is -2.16. The first kappa shape index (κ1) is 23.3. The Morgan fingerprint density at radius 3 is 2.29 bits per heavy atom. The average molecular weight is 455 g/mol. The van der Waals surface area contributed by atoms with Gasteiger partial charge in [0.25, 0.3) is 0 Å². The monoisotopic (exact) mass is 454 g/mol. The summed E-state index contributed by atoms with van der Waals surface area (Å²) in [4.78, 5) is 9.02. The summed E-state index contributed by atoms with van der Waals surface area (Å²) in [6.45, 7) is 2.40. The number of aromatic nitrogens is 4. The highest BCUT2D eigenvalue weighted by Gasteiger charge is 2.19. The van der Waals surface area contributed by atoms with Gasteiger partial charge in [0.1, 0.15) is 5.82 Å². The maximum atomic E-state index is 13.6. The molecule has 6 heteroatoms. The molecule has 34 heavy (non-hydrogen) atoms. The Kier molecular flexibility index (Phi) is 7.73. The third-order valence-corrected chi connectivity index (χ3v) is 5.53. The molecule has 0 aliphatic rings. The van der Waals surface area contributed by atoms with Gasteiger partial charge in [-0.25, -0.2) is 9.37 Å². The molecule has 0 fully saturated rings. The Hall–Kier alpha value is -3.90. The van der Waals surface area contributed by atoms with E-state index in [0.717, 1.165) is 52.6 Å². The molecule has 2 N–H and O–H groups in total. The summed E-state index contributed by atoms with van der Waals surface area (Å²) in [6.07, 6.45) is 8.13. The number of hydrogen-bond acceptors (Lipinski definition) is 4. The second-order valence-electron chi connectivity index (χ2n) is 7.93. The molecule has 0 bridgehead atoms. The van der Waals surface area contributed by atoms with Crippen LogP contribution >= 0.6 is 0 Å². The lowest BCUT2D eigenvalue weighted by atomic mass is 9.90. The van der Waals surface area contributed by atoms with E-state index in [1.165, 1.54) is 17.7 Å². The summed E-state index contributed by atoms with van der Waals surface area (Å²) < 4.78 is 13.6. The SMILES string of the molecule is CCCCO.Fc1ccc(-c2nc3[nH]ncc3c(Cc3ccccc3)c2-c2ccncc2)cc1. The van der Waals surface area contributed by atoms with E-state index >= 15 is 0 Å². The lowest BCUT2D eigenvalue weighted by Crippen LogP contribution is -2.00. The smallest absolute Gasteiger partial charge is 0.156 e. The van der Waals surface area contributed by atoms with Crippen molar-refractivity contribution in [3.8, 4) is 22.4 Å². The van der Waals surface area contributed by atoms with Crippen LogP contribution in [0.2, 0.25) is 0 Å². The molecule has 3 aromatic heterocycles. The number of rotatable bonds is 6. The highest BCUT2D eigenvalue weighted by molar-refractivity contribution is 5.94. The van der Waals surface area contributed by atoms with Crippen molar-refractivity contribution in [2.24, 2.45) is 0 Å². The molecule has 0 unspecified atom stereocenters. The number of unbranched alkanes of at least 4 members (excludes halogenated alkanes) is 1. The minimum atomic E-state index is -0.272. The van der Waals surface area contributed by atoms with Crippen molar-refractivity contribution in [1.29, 1.82) is 0 Å². The first-order valence-corrected chi connectivity index (χ1v) is 11.4. The summed E-state index contributed by atoms with van der Waals surface area (Å²) in [5, 5.41) is 16.3. The van der Waals surface area contributed by atoms with Gasteiger partial charge in [0.2, 0.25) is 0 Å². The Morgan fingerprint density at radius 2 is 1.65 bits per heavy atom. The number of aliphatic hydroxyl groups is 1. The number of hydrogen-bond donors (Lipinski definition) is 2. The third-order valence-electron chi connectivity index (χ3n) is 5.53. The maximum Gasteiger partial charge on any atom is 0.156 e. The Balaban J connectivity index is 0.000000499. The number of aliphatic hydroxyl groups excluding tert-OH is 1. The van der Waals surface area contributed by atoms with Crippen LogP contribution in [-0.4, -0.2) is 31.9 Å². The predicted molar refractivity (Wildman–Crippen MR) is 134 cm³/mol. The zero-order valence-corrected chi connectivity index (χ0v) is 19.1. The van der Waals surface area contributed by atoms with Gasteiger partial charge in [-0.15, -0.1) is 0 Å². The van der Waals surface area contributed by atoms with Crippen LogP contribution in [0.1, 0.15) is 30.9 Å². The van der Waals surface area contributed by atoms with E-state index in [1.54, 1.807) is 24.5 Å². The van der Waals surface area contributed by atoms with Crippen LogP contribution in [0.4, 0.5) is 4.39 Å². The molecule has 0 saturated carbocycles. The molecule has 0 aliphatic carbocycles. The fourth-order valence-corrected chi connectivity index (χ4v) is 3.82. The Bertz CT molecular complexity index is 1320. The van der Waals surface area contributed by atoms with Gasteiger partial charge in [0.05, 0.1) is 11.9 Å². The quantitative estimate of drug-likeness (QED) is 0.321. The number of nitrogens with zero attached hydrogens (tertiary/aromatic N) is 3. The Morgan fingerprint density at radius 1 is 0.912 bits per heavy atom. The van der Waals surface area contributed by atoms with Gasteiger partial charge < -0.3 is 5.11 Å². The summed E-state index contributed by atoms with van der Waals surface area (Å²) in [5.41, 5.74) is 6.70. The van der Waals surface area contributed by atoms with Crippen molar-refractivity contribution in [3.63, 3.8) is 0 Å². The van der Waals surface area contributed by atoms with Gasteiger partial charge in [-0.05, 0) is 65.9 Å². The van der Waals surface area contributed by atoms with Crippen LogP contribution in [0.25, 0.3) is 33.4 Å². The number of halogens is 1. The lowest BCUT2D eigenvalue weighted by molar-refractivity contribution is 0.287. The molecule has 0 saturated heterocycles. The molecule has 172 valence electrons. The predicted octanol–water partition coefficient (Wildman–Crippen LogP) is 6.20. The van der Waals surface area contributed by atoms with Crippen molar-refractivity contribution in [1.82, 2.24) is 20.2 Å². The molecule has 3 heterocycles. The van der Waals surface area contributed by atoms with Gasteiger partial charge in [0.15, 0.2) is 5.65 Å². The van der Waals surface area contributed by atoms with E-state index < -0.39 is 0 Å². The molecule has 5 nitrogen and oxygen atoms in total. The highest BCUT2D eigenvalue weighted by Crippen LogP contribution is 2.38. The molecular weight excluding hydrogens is 427 g/mol. The number of benzene rings is 2. The first-order chi connectivity index (χ1) is 16.7. The molecule has 2 aromatic carbocycles. The second kappa shape index (κ2) is 11.3. The molecular formula is C28H27FN4O. The molecule has 0 atom stereocenters. The summed E-state index contributed by atoms with van der Waals surface area (Å²) in [7, 11) is 0. The molecule has 0 aliphatic heterocycles. The molecule has 5 rings (SSSR count). The van der Waals surface area contributed by atoms with Gasteiger partial charge >= 0.3 is 0 Å². The number of nitrogens with one attached hydrogen (secondary N) is 1. The Labute approximate surface area is 198 Å². The zero-order valence-electron chi connectivity index (χ0n) is 19.1. The topological polar surface area (TPSA) is 74.7 Å². The molecule has 0 radical (unpaired) electrons. The van der Waals surface area contributed by atoms with E-state index in [0.29, 0.717) is 12.3 Å². The van der Waals surface area contributed by atoms with Gasteiger partial charge in [0, 0.05) is 35.5 Å². The van der Waals surface area contributed by atoms with Gasteiger partial charge in [-0.2, -0.15) is 5.10 Å². The van der Waals surface area contributed by atoms with Crippen molar-refractivity contribution in [2.45, 2.75) is 26.2 Å². The zero-order chi connectivity index (χ0) is 23.8. The van der Waals surface area contributed by atoms with Crippen LogP contribution in [0.5, 0.6) is 0 Å². The van der Waals surface area contributed by atoms with E-state index in [-0.39, 0.29) is 5.82 Å². The van der Waals surface area contributed by atoms with Crippen molar-refractivity contribution >= 4 is 11.0 Å². The molecule has 0 spiro atoms. The van der Waals surface area contributed by atoms with E-state index in [2.05, 4.69) is 34.2 Å². The fraction of sp³-hybridized carbons (Fsp3) is 0.179. The van der Waals surface area contributed by atoms with Crippen molar-refractivity contribution < 1.29 is 9.50 Å². The highest BCUT2D eigenvalue weighted by atomic mass is 19.1. The van der Waals surface area contributed by atoms with Crippen LogP contribution in [0.3, 0.4) is 0 Å². The van der Waals surface area contributed by atoms with Crippen LogP contribution in [0.15, 0.2) is 85.3 Å². The van der Waals surface area contributed by atoms with E-state index in [4.69, 9.17) is 10.1 Å². The largest absolute Gasteiger partial charge is 0.396 e. The van der Waals surface area contributed by atoms with E-state index in [9.17, 15) is 4.39 Å². The van der Waals surface area contributed by atoms with E-state index in [1.807, 2.05) is 36.5 Å². The third kappa shape index (κ3) is 5.35. The standard InChI is InChI=1S/C24H17FN4.C4H10O/c25-19-8-6-18(7-9-19)23-22(17-10-12-26-13-11-17)20(14-16-4-2-1-3-5-16)21-15-27-29-24(21)28-23;1-2-3-4-5/h1-13,15H,14H2,(H,27,28,29);5H,2-4H2,1H3. The minimum Gasteiger partial charge on any atom is -0.396 e. The van der Waals surface area contributed by atoms with Crippen LogP contribution < -0.4 is 0 Å². The van der Waals surface area contributed by atoms with Crippen molar-refractivity contribution in [3.05, 3.63) is 102 Å². The van der Waals surface area contributed by atoms with Crippen molar-refractivity contribution in [2.75, 3.05) is 6.61 Å². The fourth-order valence-electron chi connectivity index (χ4n) is 3.82. The summed E-state index contributed by atoms with van der Waals surface area (Å²) >= 11 is 0.